The van der Waals surface area contributed by atoms with Gasteiger partial charge in [0, 0.05) is 37.3 Å². The molecule has 0 spiro atoms. The largest absolute Gasteiger partial charge is 0.497 e. The van der Waals surface area contributed by atoms with Crippen LogP contribution >= 0.6 is 0 Å². The fourth-order valence-electron chi connectivity index (χ4n) is 7.78. The van der Waals surface area contributed by atoms with Crippen molar-refractivity contribution in [2.24, 2.45) is 5.92 Å². The van der Waals surface area contributed by atoms with Gasteiger partial charge < -0.3 is 19.3 Å². The first-order valence-corrected chi connectivity index (χ1v) is 15.1. The van der Waals surface area contributed by atoms with E-state index in [4.69, 9.17) is 9.47 Å². The van der Waals surface area contributed by atoms with Gasteiger partial charge in [-0.25, -0.2) is 0 Å². The zero-order chi connectivity index (χ0) is 27.9. The van der Waals surface area contributed by atoms with Gasteiger partial charge in [0.25, 0.3) is 0 Å². The van der Waals surface area contributed by atoms with Crippen LogP contribution < -0.4 is 10.1 Å². The number of fused-ring (bicyclic) bond motifs is 1. The van der Waals surface area contributed by atoms with Gasteiger partial charge in [0.1, 0.15) is 17.9 Å². The van der Waals surface area contributed by atoms with Crippen molar-refractivity contribution in [1.29, 1.82) is 0 Å². The second-order valence-electron chi connectivity index (χ2n) is 12.9. The Hall–Kier alpha value is -2.37. The Balaban J connectivity index is 1.45. The van der Waals surface area contributed by atoms with Crippen LogP contribution in [0.1, 0.15) is 76.3 Å². The lowest BCUT2D eigenvalue weighted by molar-refractivity contribution is -0.926. The fourth-order valence-corrected chi connectivity index (χ4v) is 7.78. The number of likely N-dealkylation sites (N-methyl/N-ethyl adjacent to an activating group) is 1. The van der Waals surface area contributed by atoms with Crippen molar-refractivity contribution >= 4 is 5.91 Å². The summed E-state index contributed by atoms with van der Waals surface area (Å²) in [7, 11) is 6.05. The van der Waals surface area contributed by atoms with E-state index >= 15 is 0 Å². The van der Waals surface area contributed by atoms with Crippen LogP contribution in [-0.2, 0) is 21.4 Å². The van der Waals surface area contributed by atoms with E-state index in [2.05, 4.69) is 74.7 Å². The molecule has 2 aromatic rings. The normalized spacial score (nSPS) is 28.6. The number of carbonyl (C=O) groups excluding carboxylic acids is 1. The summed E-state index contributed by atoms with van der Waals surface area (Å²) in [6.07, 6.45) is 8.72. The van der Waals surface area contributed by atoms with Gasteiger partial charge in [-0.05, 0) is 61.8 Å². The number of methoxy groups -OCH3 is 2. The summed E-state index contributed by atoms with van der Waals surface area (Å²) in [6.45, 7) is 7.91. The van der Waals surface area contributed by atoms with Gasteiger partial charge in [-0.2, -0.15) is 0 Å². The van der Waals surface area contributed by atoms with Crippen molar-refractivity contribution in [3.8, 4) is 5.75 Å². The molecule has 2 aromatic carbocycles. The Bertz CT molecular complexity index is 1070. The third-order valence-corrected chi connectivity index (χ3v) is 9.48. The standard InChI is InChI=1S/C34H50N2O3/c1-27(2)25-36(3)22-21-33(29-16-12-17-31(23-29)38-4)24-30(19-20-34(33,26-36)39-5)35-32(37)18-11-7-10-15-28-13-8-6-9-14-28/h6,8-9,12-14,16-17,23,27,30H,7,10-11,15,18-22,24-26H2,1-5H3/p+1/t30-,33-,34?,36+/m1/s1. The van der Waals surface area contributed by atoms with E-state index in [9.17, 15) is 4.79 Å². The number of hydrogen-bond acceptors (Lipinski definition) is 3. The molecule has 214 valence electrons. The average Bonchev–Trinajstić information content (AvgIpc) is 2.93. The summed E-state index contributed by atoms with van der Waals surface area (Å²) in [5.74, 6) is 1.72. The van der Waals surface area contributed by atoms with Crippen LogP contribution in [0.25, 0.3) is 0 Å². The second-order valence-corrected chi connectivity index (χ2v) is 12.9. The highest BCUT2D eigenvalue weighted by molar-refractivity contribution is 5.76. The first-order valence-electron chi connectivity index (χ1n) is 15.1. The predicted octanol–water partition coefficient (Wildman–Crippen LogP) is 6.30. The number of unbranched alkanes of at least 4 members (excludes halogenated alkanes) is 2. The van der Waals surface area contributed by atoms with Gasteiger partial charge in [-0.15, -0.1) is 0 Å². The Morgan fingerprint density at radius 3 is 2.56 bits per heavy atom. The zero-order valence-corrected chi connectivity index (χ0v) is 25.0. The highest BCUT2D eigenvalue weighted by atomic mass is 16.5. The molecule has 5 heteroatoms. The number of carbonyl (C=O) groups is 1. The summed E-state index contributed by atoms with van der Waals surface area (Å²) in [5.41, 5.74) is 2.25. The molecule has 1 aliphatic heterocycles. The lowest BCUT2D eigenvalue weighted by atomic mass is 9.54. The topological polar surface area (TPSA) is 47.6 Å². The molecule has 2 aliphatic rings. The molecular weight excluding hydrogens is 484 g/mol. The molecule has 2 fully saturated rings. The minimum absolute atomic E-state index is 0.156. The Labute approximate surface area is 236 Å². The minimum atomic E-state index is -0.264. The third kappa shape index (κ3) is 6.86. The van der Waals surface area contributed by atoms with Crippen molar-refractivity contribution in [3.05, 3.63) is 65.7 Å². The lowest BCUT2D eigenvalue weighted by Crippen LogP contribution is -2.72. The Morgan fingerprint density at radius 1 is 1.05 bits per heavy atom. The number of ether oxygens (including phenoxy) is 2. The molecule has 4 rings (SSSR count). The number of rotatable bonds is 12. The SMILES string of the molecule is COc1cccc([C@]23CC[N@@+](C)(CC(C)C)CC2(OC)CC[C@@H](NC(=O)CCCCCc2ccccc2)C3)c1. The number of nitrogens with zero attached hydrogens (tertiary/aromatic N) is 1. The van der Waals surface area contributed by atoms with E-state index in [1.54, 1.807) is 7.11 Å². The van der Waals surface area contributed by atoms with Gasteiger partial charge in [0.15, 0.2) is 0 Å². The average molecular weight is 536 g/mol. The van der Waals surface area contributed by atoms with Gasteiger partial charge >= 0.3 is 0 Å². The monoisotopic (exact) mass is 535 g/mol. The lowest BCUT2D eigenvalue weighted by Gasteiger charge is -2.61. The van der Waals surface area contributed by atoms with Crippen molar-refractivity contribution in [2.75, 3.05) is 40.9 Å². The van der Waals surface area contributed by atoms with Gasteiger partial charge in [0.2, 0.25) is 5.91 Å². The number of benzene rings is 2. The van der Waals surface area contributed by atoms with Crippen molar-refractivity contribution in [2.45, 2.75) is 88.7 Å². The third-order valence-electron chi connectivity index (χ3n) is 9.48. The molecule has 1 saturated heterocycles. The summed E-state index contributed by atoms with van der Waals surface area (Å²) >= 11 is 0. The minimum Gasteiger partial charge on any atom is -0.497 e. The predicted molar refractivity (Wildman–Crippen MR) is 159 cm³/mol. The summed E-state index contributed by atoms with van der Waals surface area (Å²) in [6, 6.07) is 19.4. The molecule has 1 saturated carbocycles. The van der Waals surface area contributed by atoms with Crippen molar-refractivity contribution < 1.29 is 18.8 Å². The molecule has 1 N–H and O–H groups in total. The Kier molecular flexibility index (Phi) is 9.77. The van der Waals surface area contributed by atoms with Crippen LogP contribution in [0.5, 0.6) is 5.75 Å². The van der Waals surface area contributed by atoms with E-state index < -0.39 is 0 Å². The highest BCUT2D eigenvalue weighted by Gasteiger charge is 2.62. The maximum absolute atomic E-state index is 13.1. The molecule has 1 aliphatic carbocycles. The molecule has 4 atom stereocenters. The second kappa shape index (κ2) is 12.9. The van der Waals surface area contributed by atoms with Gasteiger partial charge in [-0.3, -0.25) is 4.79 Å². The molecule has 1 unspecified atom stereocenters. The van der Waals surface area contributed by atoms with E-state index in [1.807, 2.05) is 13.2 Å². The smallest absolute Gasteiger partial charge is 0.220 e. The molecule has 1 amide bonds. The maximum Gasteiger partial charge on any atom is 0.220 e. The number of likely N-dealkylation sites (tertiary alicyclic amines) is 1. The van der Waals surface area contributed by atoms with Crippen molar-refractivity contribution in [3.63, 3.8) is 0 Å². The number of nitrogens with one attached hydrogen (secondary N) is 1. The summed E-state index contributed by atoms with van der Waals surface area (Å²) in [4.78, 5) is 13.1. The van der Waals surface area contributed by atoms with E-state index in [1.165, 1.54) is 11.1 Å². The highest BCUT2D eigenvalue weighted by Crippen LogP contribution is 2.55. The molecule has 39 heavy (non-hydrogen) atoms. The van der Waals surface area contributed by atoms with Gasteiger partial charge in [0.05, 0.1) is 27.2 Å². The van der Waals surface area contributed by atoms with Crippen LogP contribution in [0.4, 0.5) is 0 Å². The number of quaternary nitrogens is 1. The number of amides is 1. The molecule has 0 bridgehead atoms. The molecule has 0 radical (unpaired) electrons. The molecule has 1 heterocycles. The van der Waals surface area contributed by atoms with E-state index in [-0.39, 0.29) is 23.0 Å². The molecule has 5 nitrogen and oxygen atoms in total. The van der Waals surface area contributed by atoms with Crippen LogP contribution in [0.2, 0.25) is 0 Å². The van der Waals surface area contributed by atoms with Crippen LogP contribution in [-0.4, -0.2) is 62.9 Å². The number of hydrogen-bond donors (Lipinski definition) is 1. The van der Waals surface area contributed by atoms with Crippen LogP contribution in [0, 0.1) is 5.92 Å². The van der Waals surface area contributed by atoms with Crippen molar-refractivity contribution in [1.82, 2.24) is 5.32 Å². The molecular formula is C34H51N2O3+. The number of aryl methyl sites for hydroxylation is 1. The summed E-state index contributed by atoms with van der Waals surface area (Å²) in [5, 5.41) is 3.45. The first kappa shape index (κ1) is 29.6. The summed E-state index contributed by atoms with van der Waals surface area (Å²) < 4.78 is 13.3. The fraction of sp³-hybridized carbons (Fsp3) is 0.618. The quantitative estimate of drug-likeness (QED) is 0.256. The van der Waals surface area contributed by atoms with E-state index in [0.29, 0.717) is 12.3 Å². The first-order chi connectivity index (χ1) is 18.7. The van der Waals surface area contributed by atoms with E-state index in [0.717, 1.165) is 81.2 Å². The van der Waals surface area contributed by atoms with Crippen LogP contribution in [0.3, 0.4) is 0 Å². The molecule has 0 aromatic heterocycles. The number of piperidine rings is 1. The van der Waals surface area contributed by atoms with Crippen LogP contribution in [0.15, 0.2) is 54.6 Å². The maximum atomic E-state index is 13.1. The van der Waals surface area contributed by atoms with Gasteiger partial charge in [-0.1, -0.05) is 62.7 Å². The Morgan fingerprint density at radius 2 is 1.85 bits per heavy atom. The zero-order valence-electron chi connectivity index (χ0n) is 25.0.